The third-order valence-corrected chi connectivity index (χ3v) is 5.36. The van der Waals surface area contributed by atoms with E-state index in [-0.39, 0.29) is 11.7 Å². The average molecular weight is 382 g/mol. The van der Waals surface area contributed by atoms with Gasteiger partial charge >= 0.3 is 0 Å². The van der Waals surface area contributed by atoms with Crippen molar-refractivity contribution in [3.8, 4) is 11.4 Å². The lowest BCUT2D eigenvalue weighted by atomic mass is 10.1. The van der Waals surface area contributed by atoms with Crippen LogP contribution in [0.5, 0.6) is 0 Å². The Labute approximate surface area is 160 Å². The van der Waals surface area contributed by atoms with Gasteiger partial charge in [-0.15, -0.1) is 21.5 Å². The number of halogens is 1. The van der Waals surface area contributed by atoms with Gasteiger partial charge in [-0.3, -0.25) is 4.79 Å². The van der Waals surface area contributed by atoms with Crippen LogP contribution in [0.25, 0.3) is 17.5 Å². The summed E-state index contributed by atoms with van der Waals surface area (Å²) in [5.41, 5.74) is 0.883. The van der Waals surface area contributed by atoms with Crippen molar-refractivity contribution < 1.29 is 9.18 Å². The fourth-order valence-corrected chi connectivity index (χ4v) is 3.80. The highest BCUT2D eigenvalue weighted by atomic mass is 32.1. The second kappa shape index (κ2) is 7.84. The zero-order chi connectivity index (χ0) is 18.6. The number of carbonyl (C=O) groups is 1. The van der Waals surface area contributed by atoms with Crippen LogP contribution < -0.4 is 5.32 Å². The number of rotatable bonds is 4. The van der Waals surface area contributed by atoms with E-state index in [0.717, 1.165) is 42.9 Å². The molecule has 0 radical (unpaired) electrons. The number of anilines is 1. The smallest absolute Gasteiger partial charge is 0.248 e. The van der Waals surface area contributed by atoms with Gasteiger partial charge < -0.3 is 9.88 Å². The number of nitrogens with zero attached hydrogens (tertiary/aromatic N) is 3. The molecule has 0 fully saturated rings. The molecule has 0 saturated heterocycles. The molecule has 1 amide bonds. The Morgan fingerprint density at radius 3 is 3.00 bits per heavy atom. The maximum Gasteiger partial charge on any atom is 0.248 e. The minimum atomic E-state index is -0.374. The van der Waals surface area contributed by atoms with Gasteiger partial charge in [-0.2, -0.15) is 0 Å². The van der Waals surface area contributed by atoms with Gasteiger partial charge in [0.1, 0.15) is 11.6 Å². The van der Waals surface area contributed by atoms with E-state index in [2.05, 4.69) is 15.5 Å². The van der Waals surface area contributed by atoms with E-state index >= 15 is 0 Å². The van der Waals surface area contributed by atoms with Crippen molar-refractivity contribution in [2.45, 2.75) is 32.2 Å². The number of amides is 1. The van der Waals surface area contributed by atoms with Gasteiger partial charge in [-0.25, -0.2) is 4.39 Å². The predicted molar refractivity (Wildman–Crippen MR) is 105 cm³/mol. The van der Waals surface area contributed by atoms with Crippen LogP contribution in [0.2, 0.25) is 0 Å². The van der Waals surface area contributed by atoms with Crippen LogP contribution in [0.4, 0.5) is 10.1 Å². The molecule has 0 atom stereocenters. The molecule has 138 valence electrons. The largest absolute Gasteiger partial charge is 0.322 e. The maximum absolute atomic E-state index is 14.5. The quantitative estimate of drug-likeness (QED) is 0.675. The van der Waals surface area contributed by atoms with Gasteiger partial charge in [0, 0.05) is 29.6 Å². The van der Waals surface area contributed by atoms with Crippen LogP contribution in [0.1, 0.15) is 30.0 Å². The van der Waals surface area contributed by atoms with E-state index in [1.54, 1.807) is 29.5 Å². The van der Waals surface area contributed by atoms with Gasteiger partial charge in [0.05, 0.1) is 5.56 Å². The van der Waals surface area contributed by atoms with Crippen molar-refractivity contribution in [3.63, 3.8) is 0 Å². The third kappa shape index (κ3) is 3.98. The Balaban J connectivity index is 1.57. The third-order valence-electron chi connectivity index (χ3n) is 4.53. The molecule has 2 aromatic heterocycles. The zero-order valence-electron chi connectivity index (χ0n) is 14.7. The highest BCUT2D eigenvalue weighted by Crippen LogP contribution is 2.27. The molecule has 0 saturated carbocycles. The van der Waals surface area contributed by atoms with Crippen LogP contribution in [0.3, 0.4) is 0 Å². The molecule has 0 bridgehead atoms. The summed E-state index contributed by atoms with van der Waals surface area (Å²) in [5.74, 6) is 0.785. The molecule has 1 aliphatic heterocycles. The number of benzene rings is 1. The van der Waals surface area contributed by atoms with Gasteiger partial charge in [-0.1, -0.05) is 12.5 Å². The minimum Gasteiger partial charge on any atom is -0.322 e. The van der Waals surface area contributed by atoms with Crippen LogP contribution in [0, 0.1) is 5.82 Å². The summed E-state index contributed by atoms with van der Waals surface area (Å²) in [6.07, 6.45) is 7.33. The average Bonchev–Trinajstić information content (AvgIpc) is 3.27. The summed E-state index contributed by atoms with van der Waals surface area (Å²) in [5, 5.41) is 13.2. The Kier molecular flexibility index (Phi) is 5.11. The lowest BCUT2D eigenvalue weighted by molar-refractivity contribution is -0.111. The number of hydrogen-bond donors (Lipinski definition) is 1. The number of carbonyl (C=O) groups excluding carboxylic acids is 1. The Hall–Kier alpha value is -2.80. The fourth-order valence-electron chi connectivity index (χ4n) is 3.19. The van der Waals surface area contributed by atoms with Gasteiger partial charge in [-0.05, 0) is 48.6 Å². The molecule has 1 aliphatic rings. The normalized spacial score (nSPS) is 14.1. The van der Waals surface area contributed by atoms with Gasteiger partial charge in [0.25, 0.3) is 0 Å². The van der Waals surface area contributed by atoms with E-state index in [0.29, 0.717) is 17.1 Å². The Morgan fingerprint density at radius 2 is 2.15 bits per heavy atom. The SMILES string of the molecule is O=C(/C=C/c1cccs1)Nc1ccc(F)c(-c2nnc3n2CCCCC3)c1. The monoisotopic (exact) mass is 382 g/mol. The Morgan fingerprint density at radius 1 is 1.22 bits per heavy atom. The van der Waals surface area contributed by atoms with Gasteiger partial charge in [0.15, 0.2) is 5.82 Å². The van der Waals surface area contributed by atoms with E-state index in [1.165, 1.54) is 12.1 Å². The molecule has 0 aliphatic carbocycles. The van der Waals surface area contributed by atoms with E-state index in [1.807, 2.05) is 22.1 Å². The summed E-state index contributed by atoms with van der Waals surface area (Å²) in [4.78, 5) is 13.1. The number of nitrogens with one attached hydrogen (secondary N) is 1. The number of thiophene rings is 1. The summed E-state index contributed by atoms with van der Waals surface area (Å²) >= 11 is 1.55. The highest BCUT2D eigenvalue weighted by Gasteiger charge is 2.19. The number of fused-ring (bicyclic) bond motifs is 1. The molecular formula is C20H19FN4OS. The molecule has 4 rings (SSSR count). The van der Waals surface area contributed by atoms with Crippen molar-refractivity contribution in [2.75, 3.05) is 5.32 Å². The molecule has 3 heterocycles. The van der Waals surface area contributed by atoms with Gasteiger partial charge in [0.2, 0.25) is 5.91 Å². The number of hydrogen-bond acceptors (Lipinski definition) is 4. The molecule has 27 heavy (non-hydrogen) atoms. The second-order valence-corrected chi connectivity index (χ2v) is 7.41. The van der Waals surface area contributed by atoms with Crippen LogP contribution in [-0.2, 0) is 17.8 Å². The van der Waals surface area contributed by atoms with Crippen molar-refractivity contribution in [2.24, 2.45) is 0 Å². The molecule has 3 aromatic rings. The van der Waals surface area contributed by atoms with Crippen molar-refractivity contribution in [1.29, 1.82) is 0 Å². The van der Waals surface area contributed by atoms with E-state index in [4.69, 9.17) is 0 Å². The topological polar surface area (TPSA) is 59.8 Å². The molecule has 0 spiro atoms. The first-order valence-electron chi connectivity index (χ1n) is 8.95. The molecular weight excluding hydrogens is 363 g/mol. The fraction of sp³-hybridized carbons (Fsp3) is 0.250. The summed E-state index contributed by atoms with van der Waals surface area (Å²) < 4.78 is 16.5. The van der Waals surface area contributed by atoms with E-state index in [9.17, 15) is 9.18 Å². The lowest BCUT2D eigenvalue weighted by Crippen LogP contribution is -2.09. The molecule has 7 heteroatoms. The summed E-state index contributed by atoms with van der Waals surface area (Å²) in [7, 11) is 0. The van der Waals surface area contributed by atoms with Crippen LogP contribution in [0.15, 0.2) is 41.8 Å². The first-order valence-corrected chi connectivity index (χ1v) is 9.83. The molecule has 1 aromatic carbocycles. The molecule has 0 unspecified atom stereocenters. The predicted octanol–water partition coefficient (Wildman–Crippen LogP) is 4.52. The number of aryl methyl sites for hydroxylation is 1. The summed E-state index contributed by atoms with van der Waals surface area (Å²) in [6, 6.07) is 8.38. The number of aromatic nitrogens is 3. The van der Waals surface area contributed by atoms with Crippen LogP contribution in [-0.4, -0.2) is 20.7 Å². The maximum atomic E-state index is 14.5. The van der Waals surface area contributed by atoms with Crippen molar-refractivity contribution in [3.05, 3.63) is 58.3 Å². The second-order valence-electron chi connectivity index (χ2n) is 6.43. The lowest BCUT2D eigenvalue weighted by Gasteiger charge is -2.10. The standard InChI is InChI=1S/C20H19FN4OS/c21-17-9-7-14(22-19(26)10-8-15-5-4-12-27-15)13-16(17)20-24-23-18-6-2-1-3-11-25(18)20/h4-5,7-10,12-13H,1-3,6,11H2,(H,22,26)/b10-8+. The van der Waals surface area contributed by atoms with Crippen LogP contribution >= 0.6 is 11.3 Å². The first kappa shape index (κ1) is 17.6. The molecule has 5 nitrogen and oxygen atoms in total. The Bertz CT molecular complexity index is 978. The van der Waals surface area contributed by atoms with E-state index < -0.39 is 0 Å². The first-order chi connectivity index (χ1) is 13.2. The zero-order valence-corrected chi connectivity index (χ0v) is 15.5. The highest BCUT2D eigenvalue weighted by molar-refractivity contribution is 7.10. The summed E-state index contributed by atoms with van der Waals surface area (Å²) in [6.45, 7) is 0.789. The molecule has 1 N–H and O–H groups in total. The minimum absolute atomic E-state index is 0.263. The van der Waals surface area contributed by atoms with Crippen molar-refractivity contribution >= 4 is 29.0 Å². The van der Waals surface area contributed by atoms with Crippen molar-refractivity contribution in [1.82, 2.24) is 14.8 Å².